The van der Waals surface area contributed by atoms with Gasteiger partial charge in [-0.3, -0.25) is 4.79 Å². The molecule has 22 heavy (non-hydrogen) atoms. The molecule has 1 heterocycles. The van der Waals surface area contributed by atoms with Gasteiger partial charge in [-0.05, 0) is 31.4 Å². The summed E-state index contributed by atoms with van der Waals surface area (Å²) in [5.74, 6) is 0.225. The lowest BCUT2D eigenvalue weighted by molar-refractivity contribution is -0.143. The number of hydrogen-bond acceptors (Lipinski definition) is 3. The first-order valence-electron chi connectivity index (χ1n) is 7.46. The Morgan fingerprint density at radius 2 is 2.00 bits per heavy atom. The van der Waals surface area contributed by atoms with E-state index in [2.05, 4.69) is 18.8 Å². The monoisotopic (exact) mass is 320 g/mol. The fourth-order valence-corrected chi connectivity index (χ4v) is 2.49. The van der Waals surface area contributed by atoms with E-state index in [1.807, 2.05) is 28.8 Å². The highest BCUT2D eigenvalue weighted by molar-refractivity contribution is 6.30. The zero-order chi connectivity index (χ0) is 16.1. The van der Waals surface area contributed by atoms with Gasteiger partial charge in [0.25, 0.3) is 0 Å². The van der Waals surface area contributed by atoms with Crippen molar-refractivity contribution >= 4 is 17.6 Å². The van der Waals surface area contributed by atoms with Crippen LogP contribution in [0.2, 0.25) is 5.02 Å². The summed E-state index contributed by atoms with van der Waals surface area (Å²) in [4.78, 5) is 16.3. The van der Waals surface area contributed by atoms with Crippen LogP contribution in [0.5, 0.6) is 0 Å². The number of benzene rings is 1. The van der Waals surface area contributed by atoms with Gasteiger partial charge < -0.3 is 9.30 Å². The van der Waals surface area contributed by atoms with Crippen LogP contribution in [0.1, 0.15) is 26.5 Å². The first-order valence-corrected chi connectivity index (χ1v) is 7.84. The first-order chi connectivity index (χ1) is 10.5. The van der Waals surface area contributed by atoms with Crippen LogP contribution in [-0.4, -0.2) is 22.1 Å². The van der Waals surface area contributed by atoms with Crippen molar-refractivity contribution in [3.8, 4) is 11.3 Å². The maximum Gasteiger partial charge on any atom is 0.325 e. The molecule has 0 saturated heterocycles. The van der Waals surface area contributed by atoms with Crippen LogP contribution in [0.3, 0.4) is 0 Å². The molecule has 0 fully saturated rings. The molecule has 1 aromatic carbocycles. The van der Waals surface area contributed by atoms with Gasteiger partial charge in [-0.15, -0.1) is 0 Å². The van der Waals surface area contributed by atoms with E-state index in [0.29, 0.717) is 17.5 Å². The number of carbonyl (C=O) groups is 1. The van der Waals surface area contributed by atoms with Crippen LogP contribution in [-0.2, 0) is 22.5 Å². The minimum absolute atomic E-state index is 0.164. The van der Waals surface area contributed by atoms with E-state index < -0.39 is 0 Å². The fraction of sp³-hybridized carbons (Fsp3) is 0.412. The molecule has 0 amide bonds. The van der Waals surface area contributed by atoms with Crippen molar-refractivity contribution in [2.75, 3.05) is 6.61 Å². The molecule has 0 aliphatic carbocycles. The van der Waals surface area contributed by atoms with Gasteiger partial charge in [-0.2, -0.15) is 0 Å². The van der Waals surface area contributed by atoms with E-state index in [1.165, 1.54) is 0 Å². The predicted molar refractivity (Wildman–Crippen MR) is 87.8 cm³/mol. The molecule has 0 bridgehead atoms. The van der Waals surface area contributed by atoms with E-state index in [9.17, 15) is 4.79 Å². The third-order valence-electron chi connectivity index (χ3n) is 3.24. The molecule has 0 aliphatic rings. The van der Waals surface area contributed by atoms with Crippen LogP contribution < -0.4 is 0 Å². The number of nitrogens with zero attached hydrogens (tertiary/aromatic N) is 2. The number of ether oxygens (including phenoxy) is 1. The zero-order valence-corrected chi connectivity index (χ0v) is 13.9. The van der Waals surface area contributed by atoms with E-state index in [4.69, 9.17) is 16.3 Å². The summed E-state index contributed by atoms with van der Waals surface area (Å²) >= 11 is 5.97. The molecular weight excluding hydrogens is 300 g/mol. The number of rotatable bonds is 6. The number of halogens is 1. The Balaban J connectivity index is 2.39. The van der Waals surface area contributed by atoms with E-state index >= 15 is 0 Å². The van der Waals surface area contributed by atoms with E-state index in [1.54, 1.807) is 13.3 Å². The molecule has 0 aliphatic heterocycles. The Labute approximate surface area is 136 Å². The lowest BCUT2D eigenvalue weighted by Crippen LogP contribution is -2.14. The Kier molecular flexibility index (Phi) is 5.61. The van der Waals surface area contributed by atoms with Crippen LogP contribution >= 0.6 is 11.6 Å². The second kappa shape index (κ2) is 7.45. The van der Waals surface area contributed by atoms with Crippen molar-refractivity contribution < 1.29 is 9.53 Å². The standard InChI is InChI=1S/C17H21ClN2O2/c1-4-22-16(21)10-20-11-19-15(9-12(2)3)17(20)13-5-7-14(18)8-6-13/h5-8,11-12H,4,9-10H2,1-3H3. The molecule has 1 aromatic heterocycles. The van der Waals surface area contributed by atoms with Gasteiger partial charge in [0, 0.05) is 10.6 Å². The van der Waals surface area contributed by atoms with Crippen LogP contribution in [0.25, 0.3) is 11.3 Å². The summed E-state index contributed by atoms with van der Waals surface area (Å²) in [7, 11) is 0. The molecule has 0 N–H and O–H groups in total. The Morgan fingerprint density at radius 3 is 2.59 bits per heavy atom. The Hall–Kier alpha value is -1.81. The summed E-state index contributed by atoms with van der Waals surface area (Å²) in [6.07, 6.45) is 2.56. The largest absolute Gasteiger partial charge is 0.465 e. The molecule has 2 rings (SSSR count). The summed E-state index contributed by atoms with van der Waals surface area (Å²) in [5, 5.41) is 0.686. The first kappa shape index (κ1) is 16.6. The van der Waals surface area contributed by atoms with Crippen molar-refractivity contribution in [3.63, 3.8) is 0 Å². The van der Waals surface area contributed by atoms with Crippen LogP contribution in [0.15, 0.2) is 30.6 Å². The molecular formula is C17H21ClN2O2. The van der Waals surface area contributed by atoms with Gasteiger partial charge in [0.2, 0.25) is 0 Å². The van der Waals surface area contributed by atoms with Crippen LogP contribution in [0.4, 0.5) is 0 Å². The van der Waals surface area contributed by atoms with Crippen molar-refractivity contribution in [1.82, 2.24) is 9.55 Å². The number of hydrogen-bond donors (Lipinski definition) is 0. The third-order valence-corrected chi connectivity index (χ3v) is 3.49. The smallest absolute Gasteiger partial charge is 0.325 e. The topological polar surface area (TPSA) is 44.1 Å². The lowest BCUT2D eigenvalue weighted by Gasteiger charge is -2.11. The van der Waals surface area contributed by atoms with Gasteiger partial charge in [-0.1, -0.05) is 37.6 Å². The van der Waals surface area contributed by atoms with E-state index in [0.717, 1.165) is 23.4 Å². The average Bonchev–Trinajstić information content (AvgIpc) is 2.82. The SMILES string of the molecule is CCOC(=O)Cn1cnc(CC(C)C)c1-c1ccc(Cl)cc1. The van der Waals surface area contributed by atoms with Gasteiger partial charge in [0.1, 0.15) is 6.54 Å². The highest BCUT2D eigenvalue weighted by atomic mass is 35.5. The minimum Gasteiger partial charge on any atom is -0.465 e. The maximum absolute atomic E-state index is 11.8. The lowest BCUT2D eigenvalue weighted by atomic mass is 10.0. The average molecular weight is 321 g/mol. The second-order valence-corrected chi connectivity index (χ2v) is 6.01. The third kappa shape index (κ3) is 4.10. The Bertz CT molecular complexity index is 633. The highest BCUT2D eigenvalue weighted by Crippen LogP contribution is 2.26. The molecule has 2 aromatic rings. The number of carbonyl (C=O) groups excluding carboxylic acids is 1. The Morgan fingerprint density at radius 1 is 1.32 bits per heavy atom. The number of aromatic nitrogens is 2. The van der Waals surface area contributed by atoms with Crippen molar-refractivity contribution in [2.45, 2.75) is 33.7 Å². The normalized spacial score (nSPS) is 11.0. The van der Waals surface area contributed by atoms with Crippen LogP contribution in [0, 0.1) is 5.92 Å². The quantitative estimate of drug-likeness (QED) is 0.757. The van der Waals surface area contributed by atoms with E-state index in [-0.39, 0.29) is 12.5 Å². The van der Waals surface area contributed by atoms with Gasteiger partial charge in [0.05, 0.1) is 24.3 Å². The summed E-state index contributed by atoms with van der Waals surface area (Å²) in [6.45, 7) is 6.64. The highest BCUT2D eigenvalue weighted by Gasteiger charge is 2.16. The molecule has 118 valence electrons. The van der Waals surface area contributed by atoms with Gasteiger partial charge in [-0.25, -0.2) is 4.98 Å². The molecule has 0 saturated carbocycles. The second-order valence-electron chi connectivity index (χ2n) is 5.58. The van der Waals surface area contributed by atoms with Crippen molar-refractivity contribution in [3.05, 3.63) is 41.3 Å². The van der Waals surface area contributed by atoms with Gasteiger partial charge in [0.15, 0.2) is 0 Å². The summed E-state index contributed by atoms with van der Waals surface area (Å²) in [5.41, 5.74) is 2.95. The zero-order valence-electron chi connectivity index (χ0n) is 13.2. The molecule has 0 radical (unpaired) electrons. The molecule has 0 atom stereocenters. The predicted octanol–water partition coefficient (Wildman–Crippen LogP) is 3.97. The van der Waals surface area contributed by atoms with Gasteiger partial charge >= 0.3 is 5.97 Å². The summed E-state index contributed by atoms with van der Waals surface area (Å²) in [6, 6.07) is 7.59. The molecule has 0 unspecified atom stereocenters. The summed E-state index contributed by atoms with van der Waals surface area (Å²) < 4.78 is 6.88. The van der Waals surface area contributed by atoms with Crippen molar-refractivity contribution in [1.29, 1.82) is 0 Å². The molecule has 0 spiro atoms. The minimum atomic E-state index is -0.258. The number of imidazole rings is 1. The van der Waals surface area contributed by atoms with Crippen molar-refractivity contribution in [2.24, 2.45) is 5.92 Å². The maximum atomic E-state index is 11.8. The number of esters is 1. The fourth-order valence-electron chi connectivity index (χ4n) is 2.37. The molecule has 5 heteroatoms. The molecule has 4 nitrogen and oxygen atoms in total.